The minimum Gasteiger partial charge on any atom is -0.465 e. The number of carbonyl (C=O) groups is 1. The Balaban J connectivity index is 2.35. The van der Waals surface area contributed by atoms with E-state index in [1.807, 2.05) is 0 Å². The molecule has 0 saturated carbocycles. The Hall–Kier alpha value is -1.65. The van der Waals surface area contributed by atoms with Gasteiger partial charge in [0.1, 0.15) is 11.6 Å². The van der Waals surface area contributed by atoms with Gasteiger partial charge in [-0.1, -0.05) is 0 Å². The van der Waals surface area contributed by atoms with Gasteiger partial charge in [0.25, 0.3) is 0 Å². The summed E-state index contributed by atoms with van der Waals surface area (Å²) in [4.78, 5) is 12.0. The molecule has 1 heterocycles. The highest BCUT2D eigenvalue weighted by molar-refractivity contribution is 5.66. The van der Waals surface area contributed by atoms with E-state index in [4.69, 9.17) is 5.11 Å². The lowest BCUT2D eigenvalue weighted by molar-refractivity contribution is 0.139. The van der Waals surface area contributed by atoms with Crippen molar-refractivity contribution >= 4 is 6.09 Å². The van der Waals surface area contributed by atoms with Gasteiger partial charge < -0.3 is 10.0 Å². The molecule has 0 aromatic heterocycles. The molecule has 0 aliphatic carbocycles. The molecule has 0 radical (unpaired) electrons. The zero-order valence-electron chi connectivity index (χ0n) is 8.49. The third-order valence-corrected chi connectivity index (χ3v) is 2.82. The van der Waals surface area contributed by atoms with E-state index in [1.165, 1.54) is 0 Å². The van der Waals surface area contributed by atoms with E-state index in [9.17, 15) is 13.6 Å². The van der Waals surface area contributed by atoms with Crippen molar-refractivity contribution in [3.05, 3.63) is 35.4 Å². The van der Waals surface area contributed by atoms with Crippen LogP contribution < -0.4 is 0 Å². The van der Waals surface area contributed by atoms with Crippen LogP contribution in [0.4, 0.5) is 13.6 Å². The van der Waals surface area contributed by atoms with Gasteiger partial charge in [0, 0.05) is 12.1 Å². The van der Waals surface area contributed by atoms with Crippen LogP contribution in [-0.2, 0) is 0 Å². The lowest BCUT2D eigenvalue weighted by atomic mass is 10.0. The van der Waals surface area contributed by atoms with Crippen molar-refractivity contribution in [2.45, 2.75) is 18.9 Å². The normalized spacial score (nSPS) is 20.1. The van der Waals surface area contributed by atoms with E-state index in [2.05, 4.69) is 0 Å². The third-order valence-electron chi connectivity index (χ3n) is 2.82. The molecule has 86 valence electrons. The lowest BCUT2D eigenvalue weighted by Gasteiger charge is -2.22. The van der Waals surface area contributed by atoms with Gasteiger partial charge in [-0.25, -0.2) is 13.6 Å². The second kappa shape index (κ2) is 4.08. The molecule has 1 fully saturated rings. The summed E-state index contributed by atoms with van der Waals surface area (Å²) in [7, 11) is 0. The fourth-order valence-electron chi connectivity index (χ4n) is 2.09. The molecule has 1 atom stereocenters. The Bertz CT molecular complexity index is 422. The number of likely N-dealkylation sites (tertiary alicyclic amines) is 1. The topological polar surface area (TPSA) is 40.5 Å². The lowest BCUT2D eigenvalue weighted by Crippen LogP contribution is -2.29. The maximum atomic E-state index is 13.5. The van der Waals surface area contributed by atoms with Gasteiger partial charge in [-0.2, -0.15) is 0 Å². The van der Waals surface area contributed by atoms with Gasteiger partial charge in [0.15, 0.2) is 0 Å². The Morgan fingerprint density at radius 2 is 2.19 bits per heavy atom. The summed E-state index contributed by atoms with van der Waals surface area (Å²) in [6.07, 6.45) is 0.116. The molecule has 1 saturated heterocycles. The quantitative estimate of drug-likeness (QED) is 0.801. The fraction of sp³-hybridized carbons (Fsp3) is 0.364. The van der Waals surface area contributed by atoms with Crippen molar-refractivity contribution < 1.29 is 18.7 Å². The first-order valence-corrected chi connectivity index (χ1v) is 5.04. The largest absolute Gasteiger partial charge is 0.465 e. The van der Waals surface area contributed by atoms with Crippen LogP contribution in [0.3, 0.4) is 0 Å². The number of hydrogen-bond donors (Lipinski definition) is 1. The highest BCUT2D eigenvalue weighted by Gasteiger charge is 2.31. The number of nitrogens with zero attached hydrogens (tertiary/aromatic N) is 1. The highest BCUT2D eigenvalue weighted by Crippen LogP contribution is 2.33. The van der Waals surface area contributed by atoms with E-state index in [-0.39, 0.29) is 5.56 Å². The predicted molar refractivity (Wildman–Crippen MR) is 53.1 cm³/mol. The van der Waals surface area contributed by atoms with Gasteiger partial charge in [-0.05, 0) is 31.0 Å². The van der Waals surface area contributed by atoms with Crippen LogP contribution in [0, 0.1) is 11.6 Å². The molecule has 5 heteroatoms. The molecule has 16 heavy (non-hydrogen) atoms. The molecule has 0 bridgehead atoms. The molecule has 1 aromatic carbocycles. The van der Waals surface area contributed by atoms with Gasteiger partial charge in [-0.3, -0.25) is 0 Å². The first-order valence-electron chi connectivity index (χ1n) is 5.04. The Labute approximate surface area is 91.3 Å². The molecule has 2 rings (SSSR count). The summed E-state index contributed by atoms with van der Waals surface area (Å²) < 4.78 is 26.5. The molecule has 3 nitrogen and oxygen atoms in total. The molecule has 1 N–H and O–H groups in total. The van der Waals surface area contributed by atoms with E-state index in [0.717, 1.165) is 23.1 Å². The van der Waals surface area contributed by atoms with Gasteiger partial charge >= 0.3 is 6.09 Å². The predicted octanol–water partition coefficient (Wildman–Crippen LogP) is 2.78. The number of halogens is 2. The van der Waals surface area contributed by atoms with E-state index in [1.54, 1.807) is 0 Å². The third kappa shape index (κ3) is 1.85. The standard InChI is InChI=1S/C11H11F2NO2/c12-7-3-4-9(13)8(6-7)10-2-1-5-14(10)11(15)16/h3-4,6,10H,1-2,5H2,(H,15,16)/t10-/m1/s1. The van der Waals surface area contributed by atoms with Crippen LogP contribution in [-0.4, -0.2) is 22.6 Å². The Morgan fingerprint density at radius 3 is 2.88 bits per heavy atom. The summed E-state index contributed by atoms with van der Waals surface area (Å²) in [5.74, 6) is -1.10. The zero-order chi connectivity index (χ0) is 11.7. The second-order valence-corrected chi connectivity index (χ2v) is 3.80. The number of hydrogen-bond acceptors (Lipinski definition) is 1. The maximum Gasteiger partial charge on any atom is 0.407 e. The second-order valence-electron chi connectivity index (χ2n) is 3.80. The molecular formula is C11H11F2NO2. The van der Waals surface area contributed by atoms with E-state index in [0.29, 0.717) is 19.4 Å². The van der Waals surface area contributed by atoms with Crippen molar-refractivity contribution in [2.75, 3.05) is 6.54 Å². The van der Waals surface area contributed by atoms with Crippen LogP contribution in [0.15, 0.2) is 18.2 Å². The zero-order valence-corrected chi connectivity index (χ0v) is 8.49. The maximum absolute atomic E-state index is 13.5. The fourth-order valence-corrected chi connectivity index (χ4v) is 2.09. The van der Waals surface area contributed by atoms with Crippen molar-refractivity contribution in [1.29, 1.82) is 0 Å². The molecule has 0 spiro atoms. The molecule has 1 aromatic rings. The summed E-state index contributed by atoms with van der Waals surface area (Å²) in [5.41, 5.74) is 0.125. The van der Waals surface area contributed by atoms with Crippen molar-refractivity contribution in [3.63, 3.8) is 0 Å². The minimum absolute atomic E-state index is 0.125. The summed E-state index contributed by atoms with van der Waals surface area (Å²) in [5, 5.41) is 8.91. The number of amides is 1. The minimum atomic E-state index is -1.09. The van der Waals surface area contributed by atoms with Crippen molar-refractivity contribution in [2.24, 2.45) is 0 Å². The Kier molecular flexibility index (Phi) is 2.77. The van der Waals surface area contributed by atoms with E-state index < -0.39 is 23.8 Å². The highest BCUT2D eigenvalue weighted by atomic mass is 19.1. The number of benzene rings is 1. The smallest absolute Gasteiger partial charge is 0.407 e. The van der Waals surface area contributed by atoms with Gasteiger partial charge in [0.05, 0.1) is 6.04 Å². The van der Waals surface area contributed by atoms with Crippen LogP contribution in [0.25, 0.3) is 0 Å². The molecule has 0 unspecified atom stereocenters. The SMILES string of the molecule is O=C(O)N1CCC[C@@H]1c1cc(F)ccc1F. The summed E-state index contributed by atoms with van der Waals surface area (Å²) >= 11 is 0. The van der Waals surface area contributed by atoms with Crippen LogP contribution in [0.2, 0.25) is 0 Å². The summed E-state index contributed by atoms with van der Waals surface area (Å²) in [6.45, 7) is 0.371. The first-order chi connectivity index (χ1) is 7.59. The summed E-state index contributed by atoms with van der Waals surface area (Å²) in [6, 6.07) is 2.57. The molecule has 1 aliphatic rings. The average Bonchev–Trinajstić information content (AvgIpc) is 2.70. The number of rotatable bonds is 1. The molecule has 1 aliphatic heterocycles. The van der Waals surface area contributed by atoms with Gasteiger partial charge in [0.2, 0.25) is 0 Å². The molecular weight excluding hydrogens is 216 g/mol. The average molecular weight is 227 g/mol. The van der Waals surface area contributed by atoms with Crippen LogP contribution in [0.5, 0.6) is 0 Å². The van der Waals surface area contributed by atoms with Crippen LogP contribution in [0.1, 0.15) is 24.4 Å². The number of carboxylic acid groups (broad SMARTS) is 1. The Morgan fingerprint density at radius 1 is 1.44 bits per heavy atom. The van der Waals surface area contributed by atoms with E-state index >= 15 is 0 Å². The van der Waals surface area contributed by atoms with Crippen LogP contribution >= 0.6 is 0 Å². The first kappa shape index (κ1) is 10.9. The monoisotopic (exact) mass is 227 g/mol. The van der Waals surface area contributed by atoms with Gasteiger partial charge in [-0.15, -0.1) is 0 Å². The molecule has 1 amide bonds. The van der Waals surface area contributed by atoms with Crippen molar-refractivity contribution in [1.82, 2.24) is 4.90 Å². The van der Waals surface area contributed by atoms with Crippen molar-refractivity contribution in [3.8, 4) is 0 Å².